The standard InChI is InChI=1S/C16H18N2O3/c19-15-9-17-18(14-7-2-1-6-13(14)15)10-11-4-3-5-12(8-11)16(20)21/h1-2,6-7,9,11-12H,3-5,8,10H2,(H,20,21). The minimum atomic E-state index is -0.697. The van der Waals surface area contributed by atoms with Gasteiger partial charge in [0.25, 0.3) is 0 Å². The summed E-state index contributed by atoms with van der Waals surface area (Å²) in [4.78, 5) is 23.0. The molecule has 1 saturated carbocycles. The molecule has 5 nitrogen and oxygen atoms in total. The third-order valence-electron chi connectivity index (χ3n) is 4.33. The van der Waals surface area contributed by atoms with Gasteiger partial charge in [-0.15, -0.1) is 0 Å². The number of nitrogens with zero attached hydrogens (tertiary/aromatic N) is 2. The SMILES string of the molecule is O=C(O)C1CCCC(Cn2ncc(=O)c3ccccc32)C1. The van der Waals surface area contributed by atoms with Gasteiger partial charge in [0.05, 0.1) is 17.6 Å². The molecule has 0 radical (unpaired) electrons. The number of aliphatic carboxylic acids is 1. The Kier molecular flexibility index (Phi) is 3.73. The second-order valence-corrected chi connectivity index (χ2v) is 5.78. The highest BCUT2D eigenvalue weighted by Crippen LogP contribution is 2.30. The number of carboxylic acids is 1. The number of benzene rings is 1. The number of carboxylic acid groups (broad SMARTS) is 1. The first-order chi connectivity index (χ1) is 10.1. The maximum atomic E-state index is 11.8. The normalized spacial score (nSPS) is 22.3. The van der Waals surface area contributed by atoms with Crippen molar-refractivity contribution in [3.8, 4) is 0 Å². The summed E-state index contributed by atoms with van der Waals surface area (Å²) in [6, 6.07) is 7.42. The van der Waals surface area contributed by atoms with Gasteiger partial charge in [0.15, 0.2) is 0 Å². The highest BCUT2D eigenvalue weighted by molar-refractivity contribution is 5.77. The number of carbonyl (C=O) groups is 1. The van der Waals surface area contributed by atoms with Crippen molar-refractivity contribution >= 4 is 16.9 Å². The van der Waals surface area contributed by atoms with Crippen molar-refractivity contribution in [1.29, 1.82) is 0 Å². The molecule has 2 atom stereocenters. The lowest BCUT2D eigenvalue weighted by molar-refractivity contribution is -0.143. The fourth-order valence-electron chi connectivity index (χ4n) is 3.23. The zero-order valence-electron chi connectivity index (χ0n) is 11.7. The molecule has 3 rings (SSSR count). The first-order valence-corrected chi connectivity index (χ1v) is 7.33. The van der Waals surface area contributed by atoms with Crippen LogP contribution < -0.4 is 5.43 Å². The van der Waals surface area contributed by atoms with E-state index in [9.17, 15) is 9.59 Å². The van der Waals surface area contributed by atoms with E-state index in [2.05, 4.69) is 5.10 Å². The fourth-order valence-corrected chi connectivity index (χ4v) is 3.23. The van der Waals surface area contributed by atoms with Crippen LogP contribution in [-0.4, -0.2) is 20.9 Å². The smallest absolute Gasteiger partial charge is 0.306 e. The predicted octanol–water partition coefficient (Wildman–Crippen LogP) is 2.29. The first kappa shape index (κ1) is 13.8. The minimum absolute atomic E-state index is 0.0751. The summed E-state index contributed by atoms with van der Waals surface area (Å²) >= 11 is 0. The van der Waals surface area contributed by atoms with Gasteiger partial charge < -0.3 is 5.11 Å². The van der Waals surface area contributed by atoms with Gasteiger partial charge in [-0.3, -0.25) is 14.3 Å². The number of aromatic nitrogens is 2. The van der Waals surface area contributed by atoms with Crippen molar-refractivity contribution in [2.75, 3.05) is 0 Å². The van der Waals surface area contributed by atoms with Crippen molar-refractivity contribution in [1.82, 2.24) is 9.78 Å². The molecular weight excluding hydrogens is 268 g/mol. The highest BCUT2D eigenvalue weighted by Gasteiger charge is 2.27. The molecule has 1 aliphatic carbocycles. The molecule has 1 aromatic heterocycles. The molecule has 5 heteroatoms. The maximum Gasteiger partial charge on any atom is 0.306 e. The molecule has 21 heavy (non-hydrogen) atoms. The van der Waals surface area contributed by atoms with E-state index in [1.54, 1.807) is 6.07 Å². The Bertz CT molecular complexity index is 723. The van der Waals surface area contributed by atoms with Crippen LogP contribution in [0.1, 0.15) is 25.7 Å². The van der Waals surface area contributed by atoms with Crippen LogP contribution in [0.25, 0.3) is 10.9 Å². The van der Waals surface area contributed by atoms with Crippen molar-refractivity contribution in [2.45, 2.75) is 32.2 Å². The Morgan fingerprint density at radius 2 is 2.14 bits per heavy atom. The second-order valence-electron chi connectivity index (χ2n) is 5.78. The molecule has 1 fully saturated rings. The molecule has 1 aromatic carbocycles. The molecule has 1 aliphatic rings. The number of para-hydroxylation sites is 1. The molecule has 0 bridgehead atoms. The van der Waals surface area contributed by atoms with Crippen molar-refractivity contribution in [3.63, 3.8) is 0 Å². The quantitative estimate of drug-likeness (QED) is 0.939. The van der Waals surface area contributed by atoms with E-state index < -0.39 is 5.97 Å². The van der Waals surface area contributed by atoms with Crippen LogP contribution in [0.2, 0.25) is 0 Å². The summed E-state index contributed by atoms with van der Waals surface area (Å²) in [6.07, 6.45) is 4.77. The molecule has 1 N–H and O–H groups in total. The fraction of sp³-hybridized carbons (Fsp3) is 0.438. The third-order valence-corrected chi connectivity index (χ3v) is 4.33. The number of fused-ring (bicyclic) bond motifs is 1. The Hall–Kier alpha value is -2.17. The maximum absolute atomic E-state index is 11.8. The van der Waals surface area contributed by atoms with Gasteiger partial charge in [-0.05, 0) is 37.3 Å². The molecule has 2 unspecified atom stereocenters. The zero-order valence-corrected chi connectivity index (χ0v) is 11.7. The summed E-state index contributed by atoms with van der Waals surface area (Å²) in [6.45, 7) is 0.671. The van der Waals surface area contributed by atoms with E-state index in [0.29, 0.717) is 24.3 Å². The Morgan fingerprint density at radius 3 is 2.95 bits per heavy atom. The molecule has 0 spiro atoms. The van der Waals surface area contributed by atoms with Crippen molar-refractivity contribution < 1.29 is 9.90 Å². The predicted molar refractivity (Wildman–Crippen MR) is 79.1 cm³/mol. The van der Waals surface area contributed by atoms with Gasteiger partial charge in [0.1, 0.15) is 0 Å². The van der Waals surface area contributed by atoms with E-state index in [-0.39, 0.29) is 11.3 Å². The molecule has 2 aromatic rings. The van der Waals surface area contributed by atoms with E-state index >= 15 is 0 Å². The average molecular weight is 286 g/mol. The summed E-state index contributed by atoms with van der Waals surface area (Å²) in [5.41, 5.74) is 0.747. The number of hydrogen-bond donors (Lipinski definition) is 1. The Morgan fingerprint density at radius 1 is 1.33 bits per heavy atom. The van der Waals surface area contributed by atoms with Gasteiger partial charge >= 0.3 is 5.97 Å². The molecule has 0 aliphatic heterocycles. The second kappa shape index (κ2) is 5.68. The monoisotopic (exact) mass is 286 g/mol. The highest BCUT2D eigenvalue weighted by atomic mass is 16.4. The summed E-state index contributed by atoms with van der Waals surface area (Å²) in [5, 5.41) is 14.1. The molecule has 0 amide bonds. The van der Waals surface area contributed by atoms with Crippen molar-refractivity contribution in [2.24, 2.45) is 11.8 Å². The van der Waals surface area contributed by atoms with Gasteiger partial charge in [0.2, 0.25) is 5.43 Å². The van der Waals surface area contributed by atoms with Gasteiger partial charge in [0, 0.05) is 11.9 Å². The summed E-state index contributed by atoms with van der Waals surface area (Å²) in [5.74, 6) is -0.634. The van der Waals surface area contributed by atoms with Crippen LogP contribution in [0.3, 0.4) is 0 Å². The van der Waals surface area contributed by atoms with Gasteiger partial charge in [-0.1, -0.05) is 18.6 Å². The van der Waals surface area contributed by atoms with E-state index in [1.165, 1.54) is 6.20 Å². The first-order valence-electron chi connectivity index (χ1n) is 7.33. The lowest BCUT2D eigenvalue weighted by Gasteiger charge is -2.27. The Labute approximate surface area is 122 Å². The van der Waals surface area contributed by atoms with Crippen LogP contribution in [0.4, 0.5) is 0 Å². The Balaban J connectivity index is 1.87. The van der Waals surface area contributed by atoms with Crippen LogP contribution in [0.15, 0.2) is 35.3 Å². The van der Waals surface area contributed by atoms with Crippen LogP contribution in [-0.2, 0) is 11.3 Å². The van der Waals surface area contributed by atoms with Crippen molar-refractivity contribution in [3.05, 3.63) is 40.7 Å². The van der Waals surface area contributed by atoms with Gasteiger partial charge in [-0.2, -0.15) is 5.10 Å². The van der Waals surface area contributed by atoms with Gasteiger partial charge in [-0.25, -0.2) is 0 Å². The van der Waals surface area contributed by atoms with Crippen LogP contribution in [0.5, 0.6) is 0 Å². The largest absolute Gasteiger partial charge is 0.481 e. The average Bonchev–Trinajstić information content (AvgIpc) is 2.51. The molecular formula is C16H18N2O3. The van der Waals surface area contributed by atoms with E-state index in [0.717, 1.165) is 24.8 Å². The lowest BCUT2D eigenvalue weighted by Crippen LogP contribution is -2.26. The van der Waals surface area contributed by atoms with Crippen LogP contribution in [0, 0.1) is 11.8 Å². The lowest BCUT2D eigenvalue weighted by atomic mass is 9.81. The van der Waals surface area contributed by atoms with E-state index in [1.807, 2.05) is 22.9 Å². The molecule has 0 saturated heterocycles. The van der Waals surface area contributed by atoms with Crippen LogP contribution >= 0.6 is 0 Å². The summed E-state index contributed by atoms with van der Waals surface area (Å²) < 4.78 is 1.84. The number of rotatable bonds is 3. The molecule has 1 heterocycles. The third kappa shape index (κ3) is 2.82. The van der Waals surface area contributed by atoms with E-state index in [4.69, 9.17) is 5.11 Å². The summed E-state index contributed by atoms with van der Waals surface area (Å²) in [7, 11) is 0. The zero-order chi connectivity index (χ0) is 14.8. The topological polar surface area (TPSA) is 72.2 Å². The molecule has 110 valence electrons. The minimum Gasteiger partial charge on any atom is -0.481 e. The number of hydrogen-bond acceptors (Lipinski definition) is 3.